The Morgan fingerprint density at radius 2 is 1.92 bits per heavy atom. The van der Waals surface area contributed by atoms with Crippen LogP contribution in [-0.2, 0) is 19.1 Å². The first-order chi connectivity index (χ1) is 12.2. The van der Waals surface area contributed by atoms with E-state index >= 15 is 0 Å². The summed E-state index contributed by atoms with van der Waals surface area (Å²) in [6.45, 7) is 4.96. The van der Waals surface area contributed by atoms with Crippen molar-refractivity contribution < 1.29 is 19.1 Å². The molecule has 0 amide bonds. The zero-order valence-electron chi connectivity index (χ0n) is 13.6. The fraction of sp³-hybridized carbons (Fsp3) is 0.188. The fourth-order valence-electron chi connectivity index (χ4n) is 1.37. The van der Waals surface area contributed by atoms with Crippen LogP contribution in [0.4, 0.5) is 0 Å². The van der Waals surface area contributed by atoms with Crippen molar-refractivity contribution in [1.29, 1.82) is 0 Å². The van der Waals surface area contributed by atoms with Crippen molar-refractivity contribution in [2.45, 2.75) is 19.6 Å². The SMILES string of the molecule is C1=CN=NN=NN=C1.C=CC(=O)OC(OC(=O)CC)c1ccccc1. The maximum Gasteiger partial charge on any atom is 0.333 e. The average Bonchev–Trinajstić information content (AvgIpc) is 2.61. The van der Waals surface area contributed by atoms with Gasteiger partial charge in [0, 0.05) is 18.1 Å². The van der Waals surface area contributed by atoms with Crippen molar-refractivity contribution >= 4 is 18.2 Å². The quantitative estimate of drug-likeness (QED) is 0.460. The lowest BCUT2D eigenvalue weighted by Crippen LogP contribution is -2.16. The second-order valence-corrected chi connectivity index (χ2v) is 4.22. The number of rotatable bonds is 5. The molecule has 1 aliphatic heterocycles. The van der Waals surface area contributed by atoms with Crippen LogP contribution in [0.5, 0.6) is 0 Å². The predicted molar refractivity (Wildman–Crippen MR) is 89.2 cm³/mol. The van der Waals surface area contributed by atoms with Crippen LogP contribution in [0.1, 0.15) is 25.2 Å². The summed E-state index contributed by atoms with van der Waals surface area (Å²) in [5, 5.41) is 16.4. The Labute approximate surface area is 144 Å². The molecular weight excluding hydrogens is 326 g/mol. The maximum atomic E-state index is 11.2. The van der Waals surface area contributed by atoms with Gasteiger partial charge in [-0.2, -0.15) is 0 Å². The predicted octanol–water partition coefficient (Wildman–Crippen LogP) is 3.69. The lowest BCUT2D eigenvalue weighted by molar-refractivity contribution is -0.186. The summed E-state index contributed by atoms with van der Waals surface area (Å²) >= 11 is 0. The van der Waals surface area contributed by atoms with E-state index in [0.29, 0.717) is 5.56 Å². The molecule has 1 aromatic carbocycles. The molecule has 1 aromatic rings. The van der Waals surface area contributed by atoms with Crippen LogP contribution >= 0.6 is 0 Å². The van der Waals surface area contributed by atoms with Gasteiger partial charge in [-0.05, 0) is 21.7 Å². The molecule has 0 fully saturated rings. The molecule has 9 nitrogen and oxygen atoms in total. The molecule has 1 heterocycles. The van der Waals surface area contributed by atoms with Gasteiger partial charge in [0.1, 0.15) is 0 Å². The molecule has 2 rings (SSSR count). The van der Waals surface area contributed by atoms with Crippen molar-refractivity contribution in [3.63, 3.8) is 0 Å². The standard InChI is InChI=1S/C13H14O4.C3H3N5/c1-3-11(14)16-13(17-12(15)4-2)10-8-6-5-7-9-10;1-2-4-6-8-7-5-3-1/h3,5-9,13H,1,4H2,2H3;1-3H. The number of carbonyl (C=O) groups excluding carboxylic acids is 2. The molecule has 0 aromatic heterocycles. The number of allylic oxidation sites excluding steroid dienone is 1. The van der Waals surface area contributed by atoms with E-state index in [9.17, 15) is 9.59 Å². The molecule has 1 atom stereocenters. The van der Waals surface area contributed by atoms with E-state index in [4.69, 9.17) is 9.47 Å². The van der Waals surface area contributed by atoms with E-state index in [2.05, 4.69) is 32.5 Å². The Kier molecular flexibility index (Phi) is 9.38. The second-order valence-electron chi connectivity index (χ2n) is 4.22. The Hall–Kier alpha value is -3.49. The van der Waals surface area contributed by atoms with E-state index in [1.807, 2.05) is 6.07 Å². The van der Waals surface area contributed by atoms with Crippen molar-refractivity contribution in [3.8, 4) is 0 Å². The Morgan fingerprint density at radius 3 is 2.60 bits per heavy atom. The molecule has 0 spiro atoms. The topological polar surface area (TPSA) is 114 Å². The number of nitrogens with zero attached hydrogens (tertiary/aromatic N) is 5. The molecule has 0 bridgehead atoms. The average molecular weight is 343 g/mol. The Bertz CT molecular complexity index is 627. The smallest absolute Gasteiger partial charge is 0.333 e. The first-order valence-electron chi connectivity index (χ1n) is 7.23. The third kappa shape index (κ3) is 8.65. The van der Waals surface area contributed by atoms with Gasteiger partial charge >= 0.3 is 11.9 Å². The van der Waals surface area contributed by atoms with E-state index in [1.54, 1.807) is 37.3 Å². The lowest BCUT2D eigenvalue weighted by atomic mass is 10.2. The van der Waals surface area contributed by atoms with E-state index in [-0.39, 0.29) is 6.42 Å². The third-order valence-corrected chi connectivity index (χ3v) is 2.48. The summed E-state index contributed by atoms with van der Waals surface area (Å²) in [6, 6.07) is 8.78. The van der Waals surface area contributed by atoms with Crippen LogP contribution in [0.2, 0.25) is 0 Å². The summed E-state index contributed by atoms with van der Waals surface area (Å²) in [5.74, 6) is -1.07. The monoisotopic (exact) mass is 343 g/mol. The molecule has 0 radical (unpaired) electrons. The fourth-order valence-corrected chi connectivity index (χ4v) is 1.37. The number of hydrogen-bond donors (Lipinski definition) is 0. The highest BCUT2D eigenvalue weighted by Gasteiger charge is 2.18. The largest absolute Gasteiger partial charge is 0.421 e. The number of hydrogen-bond acceptors (Lipinski definition) is 9. The van der Waals surface area contributed by atoms with Crippen LogP contribution in [-0.4, -0.2) is 18.2 Å². The first kappa shape index (κ1) is 19.6. The van der Waals surface area contributed by atoms with Crippen molar-refractivity contribution in [3.05, 3.63) is 60.8 Å². The van der Waals surface area contributed by atoms with E-state index < -0.39 is 18.2 Å². The molecule has 0 saturated carbocycles. The highest BCUT2D eigenvalue weighted by Crippen LogP contribution is 2.19. The molecule has 130 valence electrons. The molecule has 1 unspecified atom stereocenters. The van der Waals surface area contributed by atoms with Crippen LogP contribution < -0.4 is 0 Å². The molecule has 0 saturated heterocycles. The van der Waals surface area contributed by atoms with Crippen molar-refractivity contribution in [2.24, 2.45) is 25.9 Å². The summed E-state index contributed by atoms with van der Waals surface area (Å²) in [6.07, 6.45) is 4.78. The molecular formula is C16H17N5O4. The molecule has 0 aliphatic carbocycles. The van der Waals surface area contributed by atoms with Gasteiger partial charge < -0.3 is 9.47 Å². The van der Waals surface area contributed by atoms with Gasteiger partial charge in [-0.15, -0.1) is 10.2 Å². The summed E-state index contributed by atoms with van der Waals surface area (Å²) in [7, 11) is 0. The zero-order valence-corrected chi connectivity index (χ0v) is 13.6. The highest BCUT2D eigenvalue weighted by molar-refractivity contribution is 5.81. The van der Waals surface area contributed by atoms with Crippen molar-refractivity contribution in [2.75, 3.05) is 0 Å². The van der Waals surface area contributed by atoms with Gasteiger partial charge in [-0.25, -0.2) is 4.79 Å². The zero-order chi connectivity index (χ0) is 18.3. The third-order valence-electron chi connectivity index (χ3n) is 2.48. The van der Waals surface area contributed by atoms with Crippen LogP contribution in [0.15, 0.2) is 81.1 Å². The normalized spacial score (nSPS) is 12.8. The number of benzene rings is 1. The summed E-state index contributed by atoms with van der Waals surface area (Å²) in [5.41, 5.74) is 0.601. The van der Waals surface area contributed by atoms with Crippen molar-refractivity contribution in [1.82, 2.24) is 0 Å². The first-order valence-corrected chi connectivity index (χ1v) is 7.23. The minimum Gasteiger partial charge on any atom is -0.421 e. The van der Waals surface area contributed by atoms with Gasteiger partial charge in [0.15, 0.2) is 0 Å². The Balaban J connectivity index is 0.000000324. The second kappa shape index (κ2) is 12.0. The number of carbonyl (C=O) groups is 2. The molecule has 25 heavy (non-hydrogen) atoms. The Morgan fingerprint density at radius 1 is 1.16 bits per heavy atom. The van der Waals surface area contributed by atoms with Gasteiger partial charge in [0.05, 0.1) is 12.4 Å². The van der Waals surface area contributed by atoms with E-state index in [0.717, 1.165) is 6.08 Å². The number of ether oxygens (including phenoxy) is 2. The van der Waals surface area contributed by atoms with Gasteiger partial charge in [0.2, 0.25) is 0 Å². The lowest BCUT2D eigenvalue weighted by Gasteiger charge is -2.17. The molecule has 9 heteroatoms. The van der Waals surface area contributed by atoms with Crippen LogP contribution in [0, 0.1) is 0 Å². The minimum absolute atomic E-state index is 0.217. The minimum atomic E-state index is -1.02. The van der Waals surface area contributed by atoms with Gasteiger partial charge in [-0.3, -0.25) is 4.79 Å². The maximum absolute atomic E-state index is 11.2. The van der Waals surface area contributed by atoms with Gasteiger partial charge in [-0.1, -0.05) is 43.8 Å². The summed E-state index contributed by atoms with van der Waals surface area (Å²) < 4.78 is 9.99. The number of esters is 2. The molecule has 0 N–H and O–H groups in total. The highest BCUT2D eigenvalue weighted by atomic mass is 16.7. The van der Waals surface area contributed by atoms with Crippen LogP contribution in [0.3, 0.4) is 0 Å². The van der Waals surface area contributed by atoms with E-state index in [1.165, 1.54) is 12.4 Å². The summed E-state index contributed by atoms with van der Waals surface area (Å²) in [4.78, 5) is 22.4. The van der Waals surface area contributed by atoms with Crippen LogP contribution in [0.25, 0.3) is 0 Å². The molecule has 1 aliphatic rings. The van der Waals surface area contributed by atoms with Gasteiger partial charge in [0.25, 0.3) is 6.29 Å².